The maximum Gasteiger partial charge on any atom is 0.224 e. The lowest BCUT2D eigenvalue weighted by Crippen LogP contribution is -2.42. The number of amides is 1. The van der Waals surface area contributed by atoms with Gasteiger partial charge in [-0.05, 0) is 43.7 Å². The van der Waals surface area contributed by atoms with Gasteiger partial charge in [0.2, 0.25) is 11.9 Å². The number of piperidine rings is 1. The van der Waals surface area contributed by atoms with Crippen LogP contribution < -0.4 is 5.32 Å². The SMILES string of the molecule is O=C(CC1CC1)N1CCC(Nc2ncc3c(-c4ccccn4)[nH]nc3n2)CC1. The highest BCUT2D eigenvalue weighted by molar-refractivity contribution is 5.89. The molecule has 1 saturated heterocycles. The summed E-state index contributed by atoms with van der Waals surface area (Å²) in [6, 6.07) is 6.02. The molecular formula is C20H23N7O. The van der Waals surface area contributed by atoms with E-state index >= 15 is 0 Å². The molecule has 3 aromatic rings. The molecule has 1 aliphatic heterocycles. The fourth-order valence-corrected chi connectivity index (χ4v) is 3.73. The molecule has 4 heterocycles. The van der Waals surface area contributed by atoms with Crippen LogP contribution in [0.25, 0.3) is 22.4 Å². The highest BCUT2D eigenvalue weighted by Crippen LogP contribution is 2.33. The molecule has 0 aromatic carbocycles. The second-order valence-electron chi connectivity index (χ2n) is 7.69. The van der Waals surface area contributed by atoms with Crippen LogP contribution >= 0.6 is 0 Å². The molecule has 8 nitrogen and oxygen atoms in total. The van der Waals surface area contributed by atoms with Crippen LogP contribution in [-0.4, -0.2) is 55.1 Å². The van der Waals surface area contributed by atoms with Crippen molar-refractivity contribution in [3.63, 3.8) is 0 Å². The molecule has 0 atom stereocenters. The van der Waals surface area contributed by atoms with Crippen molar-refractivity contribution in [1.29, 1.82) is 0 Å². The Hall–Kier alpha value is -3.03. The Labute approximate surface area is 162 Å². The number of rotatable bonds is 5. The number of pyridine rings is 1. The van der Waals surface area contributed by atoms with Crippen molar-refractivity contribution in [2.45, 2.75) is 38.1 Å². The molecule has 2 N–H and O–H groups in total. The van der Waals surface area contributed by atoms with Gasteiger partial charge in [-0.25, -0.2) is 4.98 Å². The standard InChI is InChI=1S/C20H23N7O/c28-17(11-13-4-5-13)27-9-6-14(7-10-27)23-20-22-12-15-18(25-26-19(15)24-20)16-3-1-2-8-21-16/h1-3,8,12-14H,4-7,9-11H2,(H2,22,23,24,25,26). The summed E-state index contributed by atoms with van der Waals surface area (Å²) in [7, 11) is 0. The average molecular weight is 377 g/mol. The van der Waals surface area contributed by atoms with E-state index in [1.165, 1.54) is 12.8 Å². The average Bonchev–Trinajstić information content (AvgIpc) is 3.45. The number of aromatic nitrogens is 5. The summed E-state index contributed by atoms with van der Waals surface area (Å²) in [6.07, 6.45) is 8.54. The molecule has 144 valence electrons. The van der Waals surface area contributed by atoms with E-state index in [4.69, 9.17) is 0 Å². The number of carbonyl (C=O) groups excluding carboxylic acids is 1. The monoisotopic (exact) mass is 377 g/mol. The van der Waals surface area contributed by atoms with Crippen LogP contribution in [0.1, 0.15) is 32.1 Å². The van der Waals surface area contributed by atoms with Gasteiger partial charge in [0.05, 0.1) is 16.8 Å². The number of carbonyl (C=O) groups is 1. The Balaban J connectivity index is 1.23. The molecule has 0 radical (unpaired) electrons. The predicted molar refractivity (Wildman–Crippen MR) is 105 cm³/mol. The first kappa shape index (κ1) is 17.1. The fourth-order valence-electron chi connectivity index (χ4n) is 3.73. The quantitative estimate of drug-likeness (QED) is 0.709. The number of anilines is 1. The molecule has 1 saturated carbocycles. The number of aromatic amines is 1. The van der Waals surface area contributed by atoms with Gasteiger partial charge in [-0.15, -0.1) is 0 Å². The Morgan fingerprint density at radius 1 is 1.18 bits per heavy atom. The van der Waals surface area contributed by atoms with Gasteiger partial charge in [-0.2, -0.15) is 10.1 Å². The topological polar surface area (TPSA) is 99.7 Å². The zero-order valence-corrected chi connectivity index (χ0v) is 15.6. The van der Waals surface area contributed by atoms with E-state index < -0.39 is 0 Å². The van der Waals surface area contributed by atoms with Gasteiger partial charge in [0.15, 0.2) is 5.65 Å². The summed E-state index contributed by atoms with van der Waals surface area (Å²) < 4.78 is 0. The number of nitrogens with zero attached hydrogens (tertiary/aromatic N) is 5. The van der Waals surface area contributed by atoms with E-state index in [0.717, 1.165) is 49.1 Å². The zero-order valence-electron chi connectivity index (χ0n) is 15.6. The molecule has 2 fully saturated rings. The molecule has 0 bridgehead atoms. The van der Waals surface area contributed by atoms with E-state index in [0.29, 0.717) is 23.4 Å². The first-order valence-corrected chi connectivity index (χ1v) is 9.93. The minimum atomic E-state index is 0.275. The Bertz CT molecular complexity index is 975. The lowest BCUT2D eigenvalue weighted by Gasteiger charge is -2.32. The van der Waals surface area contributed by atoms with Crippen LogP contribution in [0.5, 0.6) is 0 Å². The van der Waals surface area contributed by atoms with Crippen molar-refractivity contribution in [1.82, 2.24) is 30.0 Å². The van der Waals surface area contributed by atoms with Crippen LogP contribution in [0.3, 0.4) is 0 Å². The third-order valence-corrected chi connectivity index (χ3v) is 5.57. The molecule has 2 aliphatic rings. The third-order valence-electron chi connectivity index (χ3n) is 5.57. The molecule has 1 amide bonds. The smallest absolute Gasteiger partial charge is 0.224 e. The summed E-state index contributed by atoms with van der Waals surface area (Å²) >= 11 is 0. The fraction of sp³-hybridized carbons (Fsp3) is 0.450. The number of fused-ring (bicyclic) bond motifs is 1. The Kier molecular flexibility index (Phi) is 4.38. The van der Waals surface area contributed by atoms with E-state index in [1.54, 1.807) is 12.4 Å². The number of nitrogens with one attached hydrogen (secondary N) is 2. The number of likely N-dealkylation sites (tertiary alicyclic amines) is 1. The van der Waals surface area contributed by atoms with Crippen LogP contribution in [0.15, 0.2) is 30.6 Å². The second kappa shape index (κ2) is 7.18. The third kappa shape index (κ3) is 3.54. The van der Waals surface area contributed by atoms with Crippen molar-refractivity contribution >= 4 is 22.9 Å². The molecule has 0 unspecified atom stereocenters. The molecule has 28 heavy (non-hydrogen) atoms. The Morgan fingerprint density at radius 3 is 2.79 bits per heavy atom. The summed E-state index contributed by atoms with van der Waals surface area (Å²) in [5.74, 6) is 1.54. The van der Waals surface area contributed by atoms with E-state index in [9.17, 15) is 4.79 Å². The van der Waals surface area contributed by atoms with Gasteiger partial charge < -0.3 is 10.2 Å². The molecule has 5 rings (SSSR count). The summed E-state index contributed by atoms with van der Waals surface area (Å²) in [4.78, 5) is 27.6. The number of hydrogen-bond acceptors (Lipinski definition) is 6. The lowest BCUT2D eigenvalue weighted by molar-refractivity contribution is -0.132. The van der Waals surface area contributed by atoms with Crippen molar-refractivity contribution in [3.8, 4) is 11.4 Å². The van der Waals surface area contributed by atoms with E-state index in [1.807, 2.05) is 23.1 Å². The van der Waals surface area contributed by atoms with Gasteiger partial charge in [0, 0.05) is 37.9 Å². The van der Waals surface area contributed by atoms with E-state index in [-0.39, 0.29) is 6.04 Å². The minimum absolute atomic E-state index is 0.275. The molecule has 8 heteroatoms. The molecule has 1 aliphatic carbocycles. The van der Waals surface area contributed by atoms with Gasteiger partial charge in [0.1, 0.15) is 0 Å². The number of H-pyrrole nitrogens is 1. The maximum atomic E-state index is 12.2. The van der Waals surface area contributed by atoms with Gasteiger partial charge in [0.25, 0.3) is 0 Å². The van der Waals surface area contributed by atoms with Crippen LogP contribution in [-0.2, 0) is 4.79 Å². The first-order chi connectivity index (χ1) is 13.8. The molecular weight excluding hydrogens is 354 g/mol. The largest absolute Gasteiger partial charge is 0.351 e. The zero-order chi connectivity index (χ0) is 18.9. The lowest BCUT2D eigenvalue weighted by atomic mass is 10.0. The van der Waals surface area contributed by atoms with Crippen molar-refractivity contribution in [3.05, 3.63) is 30.6 Å². The highest BCUT2D eigenvalue weighted by atomic mass is 16.2. The van der Waals surface area contributed by atoms with Gasteiger partial charge >= 0.3 is 0 Å². The highest BCUT2D eigenvalue weighted by Gasteiger charge is 2.29. The maximum absolute atomic E-state index is 12.2. The van der Waals surface area contributed by atoms with Crippen molar-refractivity contribution in [2.24, 2.45) is 5.92 Å². The Morgan fingerprint density at radius 2 is 2.04 bits per heavy atom. The van der Waals surface area contributed by atoms with Crippen molar-refractivity contribution < 1.29 is 4.79 Å². The molecule has 0 spiro atoms. The summed E-state index contributed by atoms with van der Waals surface area (Å²) in [6.45, 7) is 1.61. The summed E-state index contributed by atoms with van der Waals surface area (Å²) in [5, 5.41) is 11.6. The predicted octanol–water partition coefficient (Wildman–Crippen LogP) is 2.62. The summed E-state index contributed by atoms with van der Waals surface area (Å²) in [5.41, 5.74) is 2.26. The van der Waals surface area contributed by atoms with Gasteiger partial charge in [-0.3, -0.25) is 14.9 Å². The number of hydrogen-bond donors (Lipinski definition) is 2. The van der Waals surface area contributed by atoms with Crippen LogP contribution in [0.4, 0.5) is 5.95 Å². The molecule has 3 aromatic heterocycles. The normalized spacial score (nSPS) is 17.8. The second-order valence-corrected chi connectivity index (χ2v) is 7.69. The first-order valence-electron chi connectivity index (χ1n) is 9.93. The van der Waals surface area contributed by atoms with E-state index in [2.05, 4.69) is 30.5 Å². The van der Waals surface area contributed by atoms with Crippen LogP contribution in [0.2, 0.25) is 0 Å². The van der Waals surface area contributed by atoms with Crippen LogP contribution in [0, 0.1) is 5.92 Å². The van der Waals surface area contributed by atoms with Gasteiger partial charge in [-0.1, -0.05) is 6.07 Å². The minimum Gasteiger partial charge on any atom is -0.351 e. The van der Waals surface area contributed by atoms with Crippen molar-refractivity contribution in [2.75, 3.05) is 18.4 Å².